The van der Waals surface area contributed by atoms with Crippen molar-refractivity contribution in [2.45, 2.75) is 6.92 Å². The fraction of sp³-hybridized carbons (Fsp3) is 0.250. The summed E-state index contributed by atoms with van der Waals surface area (Å²) in [6.07, 6.45) is 2.88. The summed E-state index contributed by atoms with van der Waals surface area (Å²) in [5.74, 6) is 0.0856. The average molecular weight is 329 g/mol. The number of nitrogens with one attached hydrogen (secondary N) is 3. The van der Waals surface area contributed by atoms with Gasteiger partial charge in [-0.3, -0.25) is 9.59 Å². The fourth-order valence-electron chi connectivity index (χ4n) is 1.86. The molecule has 1 heterocycles. The molecule has 0 bridgehead atoms. The van der Waals surface area contributed by atoms with Crippen molar-refractivity contribution in [1.29, 1.82) is 0 Å². The maximum absolute atomic E-state index is 11.8. The molecule has 0 aliphatic rings. The van der Waals surface area contributed by atoms with Crippen molar-refractivity contribution >= 4 is 29.0 Å². The standard InChI is InChI=1S/C16H19N5O3/c1-11(22)20-12-3-5-13(6-4-12)21-15-10-18-14(9-19-15)16(23)17-7-8-24-2/h3-6,9-10H,7-8H2,1-2H3,(H,17,23)(H,19,21)(H,20,22). The Balaban J connectivity index is 1.93. The number of benzene rings is 1. The summed E-state index contributed by atoms with van der Waals surface area (Å²) in [6, 6.07) is 7.15. The number of rotatable bonds is 7. The second-order valence-corrected chi connectivity index (χ2v) is 4.92. The number of carbonyl (C=O) groups is 2. The Bertz CT molecular complexity index is 686. The summed E-state index contributed by atoms with van der Waals surface area (Å²) in [5.41, 5.74) is 1.73. The molecule has 0 radical (unpaired) electrons. The molecule has 0 aliphatic carbocycles. The van der Waals surface area contributed by atoms with E-state index in [0.29, 0.717) is 24.7 Å². The summed E-state index contributed by atoms with van der Waals surface area (Å²) in [4.78, 5) is 31.0. The van der Waals surface area contributed by atoms with E-state index in [1.165, 1.54) is 19.3 Å². The van der Waals surface area contributed by atoms with Gasteiger partial charge in [0.15, 0.2) is 0 Å². The van der Waals surface area contributed by atoms with Crippen LogP contribution in [0.1, 0.15) is 17.4 Å². The topological polar surface area (TPSA) is 105 Å². The molecule has 0 spiro atoms. The van der Waals surface area contributed by atoms with Gasteiger partial charge >= 0.3 is 0 Å². The Hall–Kier alpha value is -3.00. The van der Waals surface area contributed by atoms with Crippen LogP contribution in [0.2, 0.25) is 0 Å². The highest BCUT2D eigenvalue weighted by Gasteiger charge is 2.07. The third-order valence-electron chi connectivity index (χ3n) is 2.95. The van der Waals surface area contributed by atoms with Gasteiger partial charge in [0.25, 0.3) is 5.91 Å². The maximum Gasteiger partial charge on any atom is 0.271 e. The van der Waals surface area contributed by atoms with Crippen molar-refractivity contribution < 1.29 is 14.3 Å². The third-order valence-corrected chi connectivity index (χ3v) is 2.95. The Morgan fingerprint density at radius 1 is 1.08 bits per heavy atom. The molecule has 0 fully saturated rings. The second kappa shape index (κ2) is 8.59. The molecule has 1 aromatic carbocycles. The molecule has 2 aromatic rings. The van der Waals surface area contributed by atoms with E-state index in [-0.39, 0.29) is 17.5 Å². The molecule has 3 N–H and O–H groups in total. The van der Waals surface area contributed by atoms with Crippen LogP contribution in [0.25, 0.3) is 0 Å². The maximum atomic E-state index is 11.8. The van der Waals surface area contributed by atoms with Crippen molar-refractivity contribution in [2.75, 3.05) is 30.9 Å². The zero-order valence-electron chi connectivity index (χ0n) is 13.5. The highest BCUT2D eigenvalue weighted by molar-refractivity contribution is 5.92. The third kappa shape index (κ3) is 5.33. The summed E-state index contributed by atoms with van der Waals surface area (Å²) >= 11 is 0. The SMILES string of the molecule is COCCNC(=O)c1cnc(Nc2ccc(NC(C)=O)cc2)cn1. The lowest BCUT2D eigenvalue weighted by molar-refractivity contribution is -0.114. The number of ether oxygens (including phenoxy) is 1. The Morgan fingerprint density at radius 2 is 1.79 bits per heavy atom. The van der Waals surface area contributed by atoms with Crippen LogP contribution < -0.4 is 16.0 Å². The molecule has 8 nitrogen and oxygen atoms in total. The molecule has 1 aromatic heterocycles. The minimum absolute atomic E-state index is 0.124. The largest absolute Gasteiger partial charge is 0.383 e. The summed E-state index contributed by atoms with van der Waals surface area (Å²) in [5, 5.41) is 8.42. The number of anilines is 3. The van der Waals surface area contributed by atoms with E-state index in [0.717, 1.165) is 5.69 Å². The van der Waals surface area contributed by atoms with Crippen molar-refractivity contribution in [3.8, 4) is 0 Å². The van der Waals surface area contributed by atoms with Gasteiger partial charge < -0.3 is 20.7 Å². The van der Waals surface area contributed by atoms with Crippen molar-refractivity contribution in [3.63, 3.8) is 0 Å². The molecule has 0 saturated carbocycles. The number of nitrogens with zero attached hydrogens (tertiary/aromatic N) is 2. The van der Waals surface area contributed by atoms with Gasteiger partial charge in [0, 0.05) is 32.0 Å². The van der Waals surface area contributed by atoms with E-state index in [1.54, 1.807) is 31.4 Å². The predicted octanol–water partition coefficient (Wildman–Crippen LogP) is 1.55. The summed E-state index contributed by atoms with van der Waals surface area (Å²) in [7, 11) is 1.56. The second-order valence-electron chi connectivity index (χ2n) is 4.92. The zero-order valence-corrected chi connectivity index (χ0v) is 13.5. The van der Waals surface area contributed by atoms with Crippen LogP contribution in [0.3, 0.4) is 0 Å². The molecule has 0 unspecified atom stereocenters. The molecule has 0 saturated heterocycles. The molecule has 2 amide bonds. The van der Waals surface area contributed by atoms with Crippen LogP contribution in [0.5, 0.6) is 0 Å². The highest BCUT2D eigenvalue weighted by atomic mass is 16.5. The number of aromatic nitrogens is 2. The van der Waals surface area contributed by atoms with Gasteiger partial charge in [-0.25, -0.2) is 9.97 Å². The van der Waals surface area contributed by atoms with Gasteiger partial charge in [0.05, 0.1) is 19.0 Å². The van der Waals surface area contributed by atoms with Crippen LogP contribution in [0, 0.1) is 0 Å². The molecule has 126 valence electrons. The molecular formula is C16H19N5O3. The van der Waals surface area contributed by atoms with Crippen LogP contribution in [-0.2, 0) is 9.53 Å². The van der Waals surface area contributed by atoms with E-state index in [4.69, 9.17) is 4.74 Å². The smallest absolute Gasteiger partial charge is 0.271 e. The number of hydrogen-bond acceptors (Lipinski definition) is 6. The van der Waals surface area contributed by atoms with Gasteiger partial charge in [-0.15, -0.1) is 0 Å². The molecule has 8 heteroatoms. The number of hydrogen-bond donors (Lipinski definition) is 3. The predicted molar refractivity (Wildman–Crippen MR) is 90.3 cm³/mol. The number of methoxy groups -OCH3 is 1. The average Bonchev–Trinajstić information content (AvgIpc) is 2.57. The van der Waals surface area contributed by atoms with E-state index in [2.05, 4.69) is 25.9 Å². The number of amides is 2. The van der Waals surface area contributed by atoms with E-state index >= 15 is 0 Å². The van der Waals surface area contributed by atoms with Crippen LogP contribution in [0.4, 0.5) is 17.2 Å². The van der Waals surface area contributed by atoms with Crippen LogP contribution >= 0.6 is 0 Å². The quantitative estimate of drug-likeness (QED) is 0.666. The van der Waals surface area contributed by atoms with Crippen LogP contribution in [0.15, 0.2) is 36.7 Å². The first-order valence-electron chi connectivity index (χ1n) is 7.32. The van der Waals surface area contributed by atoms with Crippen molar-refractivity contribution in [2.24, 2.45) is 0 Å². The molecular weight excluding hydrogens is 310 g/mol. The highest BCUT2D eigenvalue weighted by Crippen LogP contribution is 2.17. The van der Waals surface area contributed by atoms with Gasteiger partial charge in [-0.1, -0.05) is 0 Å². The van der Waals surface area contributed by atoms with E-state index in [9.17, 15) is 9.59 Å². The lowest BCUT2D eigenvalue weighted by Gasteiger charge is -2.08. The first kappa shape index (κ1) is 17.4. The molecule has 24 heavy (non-hydrogen) atoms. The van der Waals surface area contributed by atoms with E-state index < -0.39 is 0 Å². The lowest BCUT2D eigenvalue weighted by Crippen LogP contribution is -2.27. The first-order chi connectivity index (χ1) is 11.6. The number of carbonyl (C=O) groups excluding carboxylic acids is 2. The fourth-order valence-corrected chi connectivity index (χ4v) is 1.86. The molecule has 2 rings (SSSR count). The minimum Gasteiger partial charge on any atom is -0.383 e. The lowest BCUT2D eigenvalue weighted by atomic mass is 10.2. The minimum atomic E-state index is -0.300. The summed E-state index contributed by atoms with van der Waals surface area (Å²) < 4.78 is 4.86. The Labute approximate surface area is 139 Å². The van der Waals surface area contributed by atoms with Gasteiger partial charge in [-0.05, 0) is 24.3 Å². The first-order valence-corrected chi connectivity index (χ1v) is 7.32. The summed E-state index contributed by atoms with van der Waals surface area (Å²) in [6.45, 7) is 2.31. The normalized spacial score (nSPS) is 10.1. The Kier molecular flexibility index (Phi) is 6.21. The molecule has 0 aliphatic heterocycles. The zero-order chi connectivity index (χ0) is 17.4. The van der Waals surface area contributed by atoms with Crippen molar-refractivity contribution in [3.05, 3.63) is 42.4 Å². The van der Waals surface area contributed by atoms with Crippen LogP contribution in [-0.4, -0.2) is 42.0 Å². The van der Waals surface area contributed by atoms with Gasteiger partial charge in [0.2, 0.25) is 5.91 Å². The van der Waals surface area contributed by atoms with Gasteiger partial charge in [-0.2, -0.15) is 0 Å². The van der Waals surface area contributed by atoms with Gasteiger partial charge in [0.1, 0.15) is 11.5 Å². The van der Waals surface area contributed by atoms with Crippen molar-refractivity contribution in [1.82, 2.24) is 15.3 Å². The molecule has 0 atom stereocenters. The Morgan fingerprint density at radius 3 is 2.38 bits per heavy atom. The van der Waals surface area contributed by atoms with E-state index in [1.807, 2.05) is 0 Å². The monoisotopic (exact) mass is 329 g/mol.